The van der Waals surface area contributed by atoms with Crippen LogP contribution < -0.4 is 0 Å². The second kappa shape index (κ2) is 3.67. The molecule has 0 saturated carbocycles. The van der Waals surface area contributed by atoms with Gasteiger partial charge < -0.3 is 0 Å². The van der Waals surface area contributed by atoms with E-state index >= 15 is 0 Å². The summed E-state index contributed by atoms with van der Waals surface area (Å²) in [5.74, 6) is 0. The van der Waals surface area contributed by atoms with E-state index < -0.39 is 0 Å². The third kappa shape index (κ3) is 1.80. The molecular weight excluding hydrogens is 366 g/mol. The smallest absolute Gasteiger partial charge is 0.143 e. The summed E-state index contributed by atoms with van der Waals surface area (Å²) in [4.78, 5) is 0. The number of benzene rings is 1. The van der Waals surface area contributed by atoms with Crippen LogP contribution in [0.2, 0.25) is 5.02 Å². The predicted molar refractivity (Wildman–Crippen MR) is 65.0 cm³/mol. The van der Waals surface area contributed by atoms with E-state index in [4.69, 9.17) is 11.6 Å². The van der Waals surface area contributed by atoms with Gasteiger partial charge in [0.15, 0.2) is 0 Å². The van der Waals surface area contributed by atoms with E-state index in [2.05, 4.69) is 48.7 Å². The Labute approximate surface area is 102 Å². The van der Waals surface area contributed by atoms with E-state index in [-0.39, 0.29) is 0 Å². The van der Waals surface area contributed by atoms with Crippen LogP contribution >= 0.6 is 50.1 Å². The van der Waals surface area contributed by atoms with Crippen molar-refractivity contribution in [2.24, 2.45) is 0 Å². The third-order valence-electron chi connectivity index (χ3n) is 1.62. The number of rotatable bonds is 0. The lowest BCUT2D eigenvalue weighted by molar-refractivity contribution is 1.04. The molecule has 0 aliphatic rings. The van der Waals surface area contributed by atoms with Crippen LogP contribution in [0.5, 0.6) is 0 Å². The van der Waals surface area contributed by atoms with Crippen LogP contribution in [0.3, 0.4) is 0 Å². The molecule has 2 aromatic rings. The predicted octanol–water partition coefficient (Wildman–Crippen LogP) is 3.65. The Morgan fingerprint density at radius 3 is 2.85 bits per heavy atom. The molecule has 0 N–H and O–H groups in total. The van der Waals surface area contributed by atoms with Crippen molar-refractivity contribution in [3.05, 3.63) is 31.4 Å². The normalized spacial score (nSPS) is 10.7. The fourth-order valence-electron chi connectivity index (χ4n) is 1.02. The molecule has 1 aromatic carbocycles. The van der Waals surface area contributed by atoms with Gasteiger partial charge >= 0.3 is 0 Å². The maximum atomic E-state index is 6.07. The van der Waals surface area contributed by atoms with Gasteiger partial charge in [-0.25, -0.2) is 0 Å². The highest BCUT2D eigenvalue weighted by Gasteiger charge is 2.05. The van der Waals surface area contributed by atoms with E-state index in [1.54, 1.807) is 0 Å². The zero-order chi connectivity index (χ0) is 9.42. The summed E-state index contributed by atoms with van der Waals surface area (Å²) >= 11 is 11.5. The standard InChI is InChI=1S/C8H3BrClIN2/c9-4-1-2-6-5(3-4)7(10)8(11)13-12-6/h1-3H. The first-order valence-corrected chi connectivity index (χ1v) is 5.70. The fourth-order valence-corrected chi connectivity index (χ4v) is 1.97. The molecule has 2 nitrogen and oxygen atoms in total. The highest BCUT2D eigenvalue weighted by Crippen LogP contribution is 2.27. The minimum absolute atomic E-state index is 0.659. The Bertz CT molecular complexity index is 470. The summed E-state index contributed by atoms with van der Waals surface area (Å²) in [6.07, 6.45) is 0. The fraction of sp³-hybridized carbons (Fsp3) is 0. The Morgan fingerprint density at radius 1 is 1.31 bits per heavy atom. The van der Waals surface area contributed by atoms with Gasteiger partial charge in [-0.05, 0) is 40.8 Å². The van der Waals surface area contributed by atoms with Crippen LogP contribution in [0.4, 0.5) is 0 Å². The van der Waals surface area contributed by atoms with Crippen LogP contribution in [0.1, 0.15) is 0 Å². The molecule has 0 aliphatic heterocycles. The van der Waals surface area contributed by atoms with Gasteiger partial charge in [-0.15, -0.1) is 10.2 Å². The molecule has 0 unspecified atom stereocenters. The largest absolute Gasteiger partial charge is 0.149 e. The maximum absolute atomic E-state index is 6.07. The van der Waals surface area contributed by atoms with Gasteiger partial charge in [-0.1, -0.05) is 27.5 Å². The summed E-state index contributed by atoms with van der Waals surface area (Å²) < 4.78 is 1.72. The molecule has 0 aliphatic carbocycles. The van der Waals surface area contributed by atoms with Crippen LogP contribution in [0.25, 0.3) is 10.9 Å². The van der Waals surface area contributed by atoms with Gasteiger partial charge in [-0.2, -0.15) is 0 Å². The van der Waals surface area contributed by atoms with Gasteiger partial charge in [0.1, 0.15) is 3.70 Å². The number of fused-ring (bicyclic) bond motifs is 1. The second-order valence-corrected chi connectivity index (χ2v) is 4.78. The average molecular weight is 369 g/mol. The molecule has 13 heavy (non-hydrogen) atoms. The number of halogens is 3. The van der Waals surface area contributed by atoms with E-state index in [1.807, 2.05) is 18.2 Å². The van der Waals surface area contributed by atoms with E-state index in [1.165, 1.54) is 0 Å². The molecule has 0 radical (unpaired) electrons. The van der Waals surface area contributed by atoms with Crippen molar-refractivity contribution < 1.29 is 0 Å². The highest BCUT2D eigenvalue weighted by molar-refractivity contribution is 14.1. The third-order valence-corrected chi connectivity index (χ3v) is 3.57. The molecule has 1 heterocycles. The van der Waals surface area contributed by atoms with Gasteiger partial charge in [0.2, 0.25) is 0 Å². The van der Waals surface area contributed by atoms with Gasteiger partial charge in [0.05, 0.1) is 10.5 Å². The summed E-state index contributed by atoms with van der Waals surface area (Å²) in [6.45, 7) is 0. The highest BCUT2D eigenvalue weighted by atomic mass is 127. The van der Waals surface area contributed by atoms with Crippen LogP contribution in [0, 0.1) is 3.70 Å². The average Bonchev–Trinajstić information content (AvgIpc) is 2.12. The zero-order valence-electron chi connectivity index (χ0n) is 6.26. The minimum Gasteiger partial charge on any atom is -0.149 e. The number of hydrogen-bond donors (Lipinski definition) is 0. The van der Waals surface area contributed by atoms with E-state index in [0.29, 0.717) is 5.02 Å². The van der Waals surface area contributed by atoms with E-state index in [9.17, 15) is 0 Å². The Hall–Kier alpha value is 0.0600. The SMILES string of the molecule is Clc1c(I)nnc2ccc(Br)cc12. The quantitative estimate of drug-likeness (QED) is 0.663. The first-order valence-electron chi connectivity index (χ1n) is 3.45. The molecule has 2 rings (SSSR count). The van der Waals surface area contributed by atoms with Gasteiger partial charge in [0, 0.05) is 9.86 Å². The molecule has 66 valence electrons. The lowest BCUT2D eigenvalue weighted by Crippen LogP contribution is -1.89. The molecular formula is C8H3BrClIN2. The summed E-state index contributed by atoms with van der Waals surface area (Å²) in [7, 11) is 0. The molecule has 0 saturated heterocycles. The van der Waals surface area contributed by atoms with Crippen molar-refractivity contribution in [1.82, 2.24) is 10.2 Å². The molecule has 1 aromatic heterocycles. The monoisotopic (exact) mass is 368 g/mol. The lowest BCUT2D eigenvalue weighted by Gasteiger charge is -2.00. The molecule has 0 bridgehead atoms. The molecule has 0 atom stereocenters. The Balaban J connectivity index is 2.89. The van der Waals surface area contributed by atoms with Crippen LogP contribution in [-0.4, -0.2) is 10.2 Å². The number of hydrogen-bond acceptors (Lipinski definition) is 2. The number of nitrogens with zero attached hydrogens (tertiary/aromatic N) is 2. The molecule has 0 spiro atoms. The Kier molecular flexibility index (Phi) is 2.71. The van der Waals surface area contributed by atoms with Gasteiger partial charge in [-0.3, -0.25) is 0 Å². The van der Waals surface area contributed by atoms with Crippen molar-refractivity contribution in [2.45, 2.75) is 0 Å². The Morgan fingerprint density at radius 2 is 2.08 bits per heavy atom. The topological polar surface area (TPSA) is 25.8 Å². The summed E-state index contributed by atoms with van der Waals surface area (Å²) in [5, 5.41) is 9.53. The number of aromatic nitrogens is 2. The lowest BCUT2D eigenvalue weighted by atomic mass is 10.2. The van der Waals surface area contributed by atoms with Gasteiger partial charge in [0.25, 0.3) is 0 Å². The van der Waals surface area contributed by atoms with Crippen molar-refractivity contribution >= 4 is 61.0 Å². The maximum Gasteiger partial charge on any atom is 0.143 e. The molecule has 0 fully saturated rings. The van der Waals surface area contributed by atoms with Crippen LogP contribution in [-0.2, 0) is 0 Å². The first-order chi connectivity index (χ1) is 6.18. The van der Waals surface area contributed by atoms with Crippen molar-refractivity contribution in [1.29, 1.82) is 0 Å². The van der Waals surface area contributed by atoms with Crippen molar-refractivity contribution in [3.63, 3.8) is 0 Å². The zero-order valence-corrected chi connectivity index (χ0v) is 10.8. The van der Waals surface area contributed by atoms with Crippen LogP contribution in [0.15, 0.2) is 22.7 Å². The first kappa shape index (κ1) is 9.61. The van der Waals surface area contributed by atoms with E-state index in [0.717, 1.165) is 19.1 Å². The summed E-state index contributed by atoms with van der Waals surface area (Å²) in [6, 6.07) is 5.74. The summed E-state index contributed by atoms with van der Waals surface area (Å²) in [5.41, 5.74) is 0.814. The second-order valence-electron chi connectivity index (χ2n) is 2.47. The van der Waals surface area contributed by atoms with Crippen molar-refractivity contribution in [2.75, 3.05) is 0 Å². The molecule has 5 heteroatoms. The molecule has 0 amide bonds. The van der Waals surface area contributed by atoms with Crippen molar-refractivity contribution in [3.8, 4) is 0 Å². The minimum atomic E-state index is 0.659.